The van der Waals surface area contributed by atoms with Crippen molar-refractivity contribution in [2.24, 2.45) is 11.3 Å². The van der Waals surface area contributed by atoms with Crippen molar-refractivity contribution in [3.63, 3.8) is 0 Å². The highest BCUT2D eigenvalue weighted by Gasteiger charge is 2.53. The minimum absolute atomic E-state index is 0.166. The van der Waals surface area contributed by atoms with E-state index in [0.29, 0.717) is 12.3 Å². The third-order valence-electron chi connectivity index (χ3n) is 4.10. The smallest absolute Gasteiger partial charge is 0.221 e. The molecule has 2 aliphatic heterocycles. The first-order valence-corrected chi connectivity index (χ1v) is 5.02. The minimum Gasteiger partial charge on any atom is -0.338 e. The molecule has 0 spiro atoms. The van der Waals surface area contributed by atoms with Gasteiger partial charge in [0.25, 0.3) is 0 Å². The molecule has 2 N–H and O–H groups in total. The van der Waals surface area contributed by atoms with Crippen LogP contribution in [0.15, 0.2) is 0 Å². The summed E-state index contributed by atoms with van der Waals surface area (Å²) in [6, 6.07) is 0. The van der Waals surface area contributed by atoms with E-state index >= 15 is 0 Å². The normalized spacial score (nSPS) is 42.7. The predicted molar refractivity (Wildman–Crippen MR) is 51.1 cm³/mol. The van der Waals surface area contributed by atoms with Gasteiger partial charge in [0.05, 0.1) is 5.66 Å². The van der Waals surface area contributed by atoms with Gasteiger partial charge in [0.2, 0.25) is 5.91 Å². The van der Waals surface area contributed by atoms with Gasteiger partial charge in [-0.1, -0.05) is 13.8 Å². The fraction of sp³-hybridized carbons (Fsp3) is 0.900. The fourth-order valence-electron chi connectivity index (χ4n) is 2.61. The summed E-state index contributed by atoms with van der Waals surface area (Å²) in [5, 5.41) is 6.48. The van der Waals surface area contributed by atoms with Crippen LogP contribution >= 0.6 is 0 Å². The molecule has 3 heteroatoms. The number of carbonyl (C=O) groups is 1. The Balaban J connectivity index is 2.35. The first kappa shape index (κ1) is 9.00. The van der Waals surface area contributed by atoms with E-state index in [-0.39, 0.29) is 17.0 Å². The van der Waals surface area contributed by atoms with E-state index in [1.807, 2.05) is 0 Å². The summed E-state index contributed by atoms with van der Waals surface area (Å²) in [4.78, 5) is 11.4. The van der Waals surface area contributed by atoms with Crippen LogP contribution < -0.4 is 10.6 Å². The van der Waals surface area contributed by atoms with Crippen molar-refractivity contribution in [2.75, 3.05) is 6.54 Å². The number of piperidine rings is 2. The van der Waals surface area contributed by atoms with Gasteiger partial charge in [-0.2, -0.15) is 0 Å². The molecule has 2 fully saturated rings. The average molecular weight is 182 g/mol. The maximum atomic E-state index is 11.4. The number of fused-ring (bicyclic) bond motifs is 2. The van der Waals surface area contributed by atoms with E-state index in [1.165, 1.54) is 0 Å². The second-order valence-corrected chi connectivity index (χ2v) is 5.01. The Hall–Kier alpha value is -0.570. The molecular formula is C10H18N2O. The SMILES string of the molecule is CC1(C)[C@@H]2CCN[C@]1(C)NC(=O)C2. The Morgan fingerprint density at radius 3 is 2.69 bits per heavy atom. The molecule has 3 nitrogen and oxygen atoms in total. The Labute approximate surface area is 79.3 Å². The largest absolute Gasteiger partial charge is 0.338 e. The van der Waals surface area contributed by atoms with Crippen LogP contribution in [-0.4, -0.2) is 18.1 Å². The van der Waals surface area contributed by atoms with E-state index in [9.17, 15) is 4.79 Å². The lowest BCUT2D eigenvalue weighted by Crippen LogP contribution is -2.73. The van der Waals surface area contributed by atoms with Crippen LogP contribution in [0.3, 0.4) is 0 Å². The van der Waals surface area contributed by atoms with Crippen LogP contribution in [0.5, 0.6) is 0 Å². The highest BCUT2D eigenvalue weighted by Crippen LogP contribution is 2.45. The van der Waals surface area contributed by atoms with E-state index in [4.69, 9.17) is 0 Å². The number of rotatable bonds is 0. The second kappa shape index (κ2) is 2.47. The Kier molecular flexibility index (Phi) is 1.71. The standard InChI is InChI=1S/C10H18N2O/c1-9(2)7-4-5-11-10(9,3)12-8(13)6-7/h7,11H,4-6H2,1-3H3,(H,12,13)/t7-,10-/m1/s1. The van der Waals surface area contributed by atoms with Crippen molar-refractivity contribution in [1.82, 2.24) is 10.6 Å². The first-order valence-electron chi connectivity index (χ1n) is 5.02. The van der Waals surface area contributed by atoms with E-state index < -0.39 is 0 Å². The monoisotopic (exact) mass is 182 g/mol. The van der Waals surface area contributed by atoms with E-state index in [2.05, 4.69) is 31.4 Å². The summed E-state index contributed by atoms with van der Waals surface area (Å²) in [6.07, 6.45) is 1.82. The molecule has 2 saturated heterocycles. The quantitative estimate of drug-likeness (QED) is 0.583. The third kappa shape index (κ3) is 1.10. The minimum atomic E-state index is -0.203. The molecule has 0 unspecified atom stereocenters. The molecule has 0 radical (unpaired) electrons. The van der Waals surface area contributed by atoms with E-state index in [1.54, 1.807) is 0 Å². The molecule has 2 rings (SSSR count). The molecule has 0 aliphatic carbocycles. The van der Waals surface area contributed by atoms with Gasteiger partial charge in [0, 0.05) is 11.8 Å². The van der Waals surface area contributed by atoms with Gasteiger partial charge < -0.3 is 5.32 Å². The summed E-state index contributed by atoms with van der Waals surface area (Å²) in [5.41, 5.74) is -0.0373. The molecule has 74 valence electrons. The molecule has 2 heterocycles. The fourth-order valence-corrected chi connectivity index (χ4v) is 2.61. The van der Waals surface area contributed by atoms with Crippen molar-refractivity contribution < 1.29 is 4.79 Å². The molecule has 2 aliphatic rings. The zero-order valence-corrected chi connectivity index (χ0v) is 8.61. The van der Waals surface area contributed by atoms with Crippen molar-refractivity contribution in [1.29, 1.82) is 0 Å². The van der Waals surface area contributed by atoms with Crippen molar-refractivity contribution in [3.05, 3.63) is 0 Å². The molecular weight excluding hydrogens is 164 g/mol. The summed E-state index contributed by atoms with van der Waals surface area (Å²) >= 11 is 0. The van der Waals surface area contributed by atoms with Crippen LogP contribution in [0.2, 0.25) is 0 Å². The van der Waals surface area contributed by atoms with Crippen molar-refractivity contribution in [3.8, 4) is 0 Å². The van der Waals surface area contributed by atoms with Gasteiger partial charge in [-0.3, -0.25) is 10.1 Å². The average Bonchev–Trinajstić information content (AvgIpc) is 1.95. The zero-order valence-electron chi connectivity index (χ0n) is 8.61. The number of nitrogens with one attached hydrogen (secondary N) is 2. The molecule has 0 aromatic carbocycles. The maximum absolute atomic E-state index is 11.4. The third-order valence-corrected chi connectivity index (χ3v) is 4.10. The van der Waals surface area contributed by atoms with Gasteiger partial charge >= 0.3 is 0 Å². The number of hydrogen-bond donors (Lipinski definition) is 2. The van der Waals surface area contributed by atoms with Crippen molar-refractivity contribution in [2.45, 2.75) is 39.3 Å². The van der Waals surface area contributed by atoms with Gasteiger partial charge in [-0.15, -0.1) is 0 Å². The molecule has 0 aromatic heterocycles. The number of amides is 1. The Bertz CT molecular complexity index is 249. The zero-order chi connectivity index (χ0) is 9.69. The predicted octanol–water partition coefficient (Wildman–Crippen LogP) is 0.858. The van der Waals surface area contributed by atoms with Crippen LogP contribution in [0.25, 0.3) is 0 Å². The molecule has 0 saturated carbocycles. The van der Waals surface area contributed by atoms with Crippen molar-refractivity contribution >= 4 is 5.91 Å². The van der Waals surface area contributed by atoms with Gasteiger partial charge in [0.15, 0.2) is 0 Å². The lowest BCUT2D eigenvalue weighted by molar-refractivity contribution is -0.138. The number of hydrogen-bond acceptors (Lipinski definition) is 2. The molecule has 1 amide bonds. The topological polar surface area (TPSA) is 41.1 Å². The Morgan fingerprint density at radius 1 is 1.38 bits per heavy atom. The van der Waals surface area contributed by atoms with Gasteiger partial charge in [-0.05, 0) is 25.8 Å². The highest BCUT2D eigenvalue weighted by molar-refractivity contribution is 5.78. The Morgan fingerprint density at radius 2 is 2.08 bits per heavy atom. The molecule has 2 bridgehead atoms. The summed E-state index contributed by atoms with van der Waals surface area (Å²) in [5.74, 6) is 0.728. The molecule has 2 atom stereocenters. The van der Waals surface area contributed by atoms with Crippen LogP contribution in [-0.2, 0) is 4.79 Å². The summed E-state index contributed by atoms with van der Waals surface area (Å²) < 4.78 is 0. The van der Waals surface area contributed by atoms with E-state index in [0.717, 1.165) is 13.0 Å². The van der Waals surface area contributed by atoms with Crippen LogP contribution in [0.1, 0.15) is 33.6 Å². The van der Waals surface area contributed by atoms with Gasteiger partial charge in [-0.25, -0.2) is 0 Å². The highest BCUT2D eigenvalue weighted by atomic mass is 16.2. The first-order chi connectivity index (χ1) is 5.96. The summed E-state index contributed by atoms with van der Waals surface area (Å²) in [7, 11) is 0. The maximum Gasteiger partial charge on any atom is 0.221 e. The lowest BCUT2D eigenvalue weighted by atomic mass is 9.62. The molecule has 13 heavy (non-hydrogen) atoms. The molecule has 0 aromatic rings. The van der Waals surface area contributed by atoms with Crippen LogP contribution in [0.4, 0.5) is 0 Å². The summed E-state index contributed by atoms with van der Waals surface area (Å²) in [6.45, 7) is 7.59. The lowest BCUT2D eigenvalue weighted by Gasteiger charge is -2.56. The van der Waals surface area contributed by atoms with Crippen LogP contribution in [0, 0.1) is 11.3 Å². The number of carbonyl (C=O) groups excluding carboxylic acids is 1. The second-order valence-electron chi connectivity index (χ2n) is 5.01. The van der Waals surface area contributed by atoms with Gasteiger partial charge in [0.1, 0.15) is 0 Å².